The van der Waals surface area contributed by atoms with E-state index in [9.17, 15) is 0 Å². The lowest BCUT2D eigenvalue weighted by atomic mass is 9.94. The summed E-state index contributed by atoms with van der Waals surface area (Å²) in [5, 5.41) is 0. The summed E-state index contributed by atoms with van der Waals surface area (Å²) in [5.74, 6) is 0.774. The van der Waals surface area contributed by atoms with E-state index in [1.807, 2.05) is 60.7 Å². The van der Waals surface area contributed by atoms with Crippen LogP contribution in [0.4, 0.5) is 0 Å². The van der Waals surface area contributed by atoms with Crippen molar-refractivity contribution in [1.29, 1.82) is 0 Å². The van der Waals surface area contributed by atoms with Gasteiger partial charge in [-0.05, 0) is 11.1 Å². The minimum atomic E-state index is -0.504. The van der Waals surface area contributed by atoms with Crippen LogP contribution in [0.25, 0.3) is 0 Å². The van der Waals surface area contributed by atoms with Crippen molar-refractivity contribution in [3.63, 3.8) is 0 Å². The second kappa shape index (κ2) is 9.21. The van der Waals surface area contributed by atoms with E-state index in [1.165, 1.54) is 0 Å². The van der Waals surface area contributed by atoms with Crippen molar-refractivity contribution in [3.8, 4) is 0 Å². The Labute approximate surface area is 178 Å². The molecule has 0 radical (unpaired) electrons. The van der Waals surface area contributed by atoms with Crippen LogP contribution in [0.5, 0.6) is 0 Å². The third-order valence-corrected chi connectivity index (χ3v) is 5.26. The second-order valence-corrected chi connectivity index (χ2v) is 8.76. The maximum Gasteiger partial charge on any atom is 0.240 e. The Kier molecular flexibility index (Phi) is 6.42. The molecule has 0 spiro atoms. The second-order valence-electron chi connectivity index (χ2n) is 8.76. The average Bonchev–Trinajstić information content (AvgIpc) is 3.10. The molecular formula is C25H30O5. The van der Waals surface area contributed by atoms with E-state index < -0.39 is 6.29 Å². The maximum absolute atomic E-state index is 6.26. The number of allylic oxidation sites excluding steroid dienone is 1. The molecule has 2 aromatic carbocycles. The quantitative estimate of drug-likeness (QED) is 0.655. The summed E-state index contributed by atoms with van der Waals surface area (Å²) in [4.78, 5) is 0. The van der Waals surface area contributed by atoms with Gasteiger partial charge in [-0.25, -0.2) is 0 Å². The third kappa shape index (κ3) is 5.04. The predicted molar refractivity (Wildman–Crippen MR) is 113 cm³/mol. The van der Waals surface area contributed by atoms with Gasteiger partial charge in [0.25, 0.3) is 0 Å². The van der Waals surface area contributed by atoms with Gasteiger partial charge in [-0.1, -0.05) is 81.4 Å². The van der Waals surface area contributed by atoms with E-state index in [4.69, 9.17) is 23.7 Å². The van der Waals surface area contributed by atoms with Crippen LogP contribution < -0.4 is 0 Å². The summed E-state index contributed by atoms with van der Waals surface area (Å²) in [6, 6.07) is 20.2. The van der Waals surface area contributed by atoms with Gasteiger partial charge >= 0.3 is 0 Å². The summed E-state index contributed by atoms with van der Waals surface area (Å²) in [5.41, 5.74) is 2.07. The minimum absolute atomic E-state index is 0.156. The molecule has 0 unspecified atom stereocenters. The lowest BCUT2D eigenvalue weighted by Crippen LogP contribution is -2.41. The van der Waals surface area contributed by atoms with Crippen LogP contribution in [0.3, 0.4) is 0 Å². The summed E-state index contributed by atoms with van der Waals surface area (Å²) in [6.07, 6.45) is 0.306. The van der Waals surface area contributed by atoms with Crippen molar-refractivity contribution in [2.45, 2.75) is 58.6 Å². The third-order valence-electron chi connectivity index (χ3n) is 5.26. The summed E-state index contributed by atoms with van der Waals surface area (Å²) in [7, 11) is 0. The molecule has 2 aliphatic rings. The molecule has 2 aliphatic heterocycles. The zero-order valence-corrected chi connectivity index (χ0v) is 17.8. The molecule has 0 aliphatic carbocycles. The largest absolute Gasteiger partial charge is 0.485 e. The van der Waals surface area contributed by atoms with Crippen molar-refractivity contribution in [1.82, 2.24) is 0 Å². The van der Waals surface area contributed by atoms with Crippen LogP contribution >= 0.6 is 0 Å². The van der Waals surface area contributed by atoms with Gasteiger partial charge in [-0.3, -0.25) is 0 Å². The Hall–Kier alpha value is -2.34. The first-order chi connectivity index (χ1) is 14.5. The fraction of sp³-hybridized carbons (Fsp3) is 0.440. The van der Waals surface area contributed by atoms with Crippen LogP contribution in [0.1, 0.15) is 31.9 Å². The molecule has 2 aromatic rings. The molecule has 160 valence electrons. The topological polar surface area (TPSA) is 46.2 Å². The molecule has 4 atom stereocenters. The Balaban J connectivity index is 1.42. The molecule has 30 heavy (non-hydrogen) atoms. The first kappa shape index (κ1) is 20.9. The Morgan fingerprint density at radius 3 is 2.13 bits per heavy atom. The SMILES string of the molecule is CC(C)(C)C1=CO[C@H]2[C@@H](O1)O[C@H](COCc1ccccc1)[C@@H]2OCc1ccccc1. The van der Waals surface area contributed by atoms with Gasteiger partial charge in [0.2, 0.25) is 6.29 Å². The molecule has 0 aromatic heterocycles. The highest BCUT2D eigenvalue weighted by Crippen LogP contribution is 2.38. The summed E-state index contributed by atoms with van der Waals surface area (Å²) >= 11 is 0. The van der Waals surface area contributed by atoms with Gasteiger partial charge in [0.05, 0.1) is 19.8 Å². The predicted octanol–water partition coefficient (Wildman–Crippen LogP) is 4.82. The number of rotatable bonds is 7. The molecular weight excluding hydrogens is 380 g/mol. The lowest BCUT2D eigenvalue weighted by Gasteiger charge is -2.33. The molecule has 5 nitrogen and oxygen atoms in total. The van der Waals surface area contributed by atoms with E-state index >= 15 is 0 Å². The molecule has 1 fully saturated rings. The van der Waals surface area contributed by atoms with Crippen LogP contribution in [0.15, 0.2) is 72.7 Å². The first-order valence-electron chi connectivity index (χ1n) is 10.5. The maximum atomic E-state index is 6.26. The highest BCUT2D eigenvalue weighted by Gasteiger charge is 2.51. The van der Waals surface area contributed by atoms with Crippen molar-refractivity contribution in [3.05, 3.63) is 83.8 Å². The minimum Gasteiger partial charge on any atom is -0.485 e. The Morgan fingerprint density at radius 2 is 1.50 bits per heavy atom. The van der Waals surface area contributed by atoms with E-state index in [0.29, 0.717) is 19.8 Å². The van der Waals surface area contributed by atoms with Crippen LogP contribution in [-0.2, 0) is 36.9 Å². The number of benzene rings is 2. The smallest absolute Gasteiger partial charge is 0.240 e. The molecule has 1 saturated heterocycles. The van der Waals surface area contributed by atoms with E-state index in [2.05, 4.69) is 20.8 Å². The lowest BCUT2D eigenvalue weighted by molar-refractivity contribution is -0.178. The highest BCUT2D eigenvalue weighted by atomic mass is 16.7. The molecule has 4 rings (SSSR count). The van der Waals surface area contributed by atoms with Crippen LogP contribution in [-0.4, -0.2) is 31.2 Å². The van der Waals surface area contributed by atoms with E-state index in [-0.39, 0.29) is 23.7 Å². The Morgan fingerprint density at radius 1 is 0.867 bits per heavy atom. The number of hydrogen-bond donors (Lipinski definition) is 0. The number of hydrogen-bond acceptors (Lipinski definition) is 5. The molecule has 2 heterocycles. The van der Waals surface area contributed by atoms with Crippen molar-refractivity contribution in [2.24, 2.45) is 5.41 Å². The Bertz CT molecular complexity index is 828. The van der Waals surface area contributed by atoms with E-state index in [1.54, 1.807) is 6.26 Å². The van der Waals surface area contributed by atoms with Crippen molar-refractivity contribution < 1.29 is 23.7 Å². The van der Waals surface area contributed by atoms with Gasteiger partial charge in [-0.2, -0.15) is 0 Å². The first-order valence-corrected chi connectivity index (χ1v) is 10.5. The van der Waals surface area contributed by atoms with Crippen LogP contribution in [0, 0.1) is 5.41 Å². The molecule has 0 bridgehead atoms. The van der Waals surface area contributed by atoms with Crippen molar-refractivity contribution in [2.75, 3.05) is 6.61 Å². The fourth-order valence-corrected chi connectivity index (χ4v) is 3.55. The summed E-state index contributed by atoms with van der Waals surface area (Å²) < 4.78 is 30.6. The van der Waals surface area contributed by atoms with Gasteiger partial charge in [0.15, 0.2) is 6.10 Å². The van der Waals surface area contributed by atoms with E-state index in [0.717, 1.165) is 16.9 Å². The van der Waals surface area contributed by atoms with Crippen molar-refractivity contribution >= 4 is 0 Å². The number of ether oxygens (including phenoxy) is 5. The monoisotopic (exact) mass is 410 g/mol. The normalized spacial score (nSPS) is 25.8. The highest BCUT2D eigenvalue weighted by molar-refractivity contribution is 5.14. The van der Waals surface area contributed by atoms with Gasteiger partial charge in [0.1, 0.15) is 24.2 Å². The zero-order chi connectivity index (χ0) is 21.0. The van der Waals surface area contributed by atoms with Crippen LogP contribution in [0.2, 0.25) is 0 Å². The van der Waals surface area contributed by atoms with Gasteiger partial charge < -0.3 is 23.7 Å². The average molecular weight is 411 g/mol. The summed E-state index contributed by atoms with van der Waals surface area (Å²) in [6.45, 7) is 7.66. The molecule has 0 saturated carbocycles. The van der Waals surface area contributed by atoms with Gasteiger partial charge in [0, 0.05) is 5.41 Å². The fourth-order valence-electron chi connectivity index (χ4n) is 3.55. The molecule has 0 N–H and O–H groups in total. The zero-order valence-electron chi connectivity index (χ0n) is 17.8. The number of fused-ring (bicyclic) bond motifs is 1. The molecule has 5 heteroatoms. The standard InChI is InChI=1S/C25H30O5/c1-25(2,3)21-17-28-23-22(27-15-19-12-8-5-9-13-19)20(29-24(23)30-21)16-26-14-18-10-6-4-7-11-18/h4-13,17,20,22-24H,14-16H2,1-3H3/t20-,22+,23-,24-/m1/s1. The molecule has 0 amide bonds. The van der Waals surface area contributed by atoms with Gasteiger partial charge in [-0.15, -0.1) is 0 Å².